The number of hydrogen-bond donors (Lipinski definition) is 1. The number of fused-ring (bicyclic) bond motifs is 2. The molecule has 3 aromatic carbocycles. The molecule has 0 aromatic heterocycles. The summed E-state index contributed by atoms with van der Waals surface area (Å²) in [5.74, 6) is 1.85. The van der Waals surface area contributed by atoms with E-state index in [0.29, 0.717) is 6.54 Å². The average molecular weight is 628 g/mol. The molecule has 0 saturated carbocycles. The van der Waals surface area contributed by atoms with E-state index in [1.54, 1.807) is 0 Å². The molecule has 2 heterocycles. The molecular weight excluding hydrogens is 574 g/mol. The van der Waals surface area contributed by atoms with Crippen molar-refractivity contribution < 1.29 is 4.74 Å². The lowest BCUT2D eigenvalue weighted by Gasteiger charge is -2.32. The molecule has 47 heavy (non-hydrogen) atoms. The van der Waals surface area contributed by atoms with Gasteiger partial charge < -0.3 is 20.3 Å². The maximum atomic E-state index is 6.85. The predicted octanol–water partition coefficient (Wildman–Crippen LogP) is 10.1. The van der Waals surface area contributed by atoms with Crippen LogP contribution in [0.2, 0.25) is 0 Å². The summed E-state index contributed by atoms with van der Waals surface area (Å²) >= 11 is 0. The maximum absolute atomic E-state index is 6.85. The second-order valence-electron chi connectivity index (χ2n) is 14.4. The van der Waals surface area contributed by atoms with Gasteiger partial charge in [0.25, 0.3) is 0 Å². The number of allylic oxidation sites excluding steroid dienone is 6. The number of hydrogen-bond acceptors (Lipinski definition) is 4. The van der Waals surface area contributed by atoms with Crippen LogP contribution in [0.15, 0.2) is 120 Å². The van der Waals surface area contributed by atoms with E-state index in [9.17, 15) is 0 Å². The molecule has 0 spiro atoms. The minimum Gasteiger partial charge on any atom is -0.457 e. The van der Waals surface area contributed by atoms with Crippen LogP contribution in [0.1, 0.15) is 90.3 Å². The van der Waals surface area contributed by atoms with Gasteiger partial charge in [-0.3, -0.25) is 0 Å². The second-order valence-corrected chi connectivity index (χ2v) is 14.4. The molecule has 246 valence electrons. The summed E-state index contributed by atoms with van der Waals surface area (Å²) in [6.45, 7) is 16.6. The number of rotatable bonds is 10. The fourth-order valence-corrected chi connectivity index (χ4v) is 7.97. The first kappa shape index (κ1) is 32.9. The third-order valence-corrected chi connectivity index (χ3v) is 10.5. The van der Waals surface area contributed by atoms with Gasteiger partial charge in [-0.25, -0.2) is 0 Å². The molecule has 0 fully saturated rings. The van der Waals surface area contributed by atoms with Crippen LogP contribution in [-0.4, -0.2) is 19.1 Å². The Bertz CT molecular complexity index is 1700. The van der Waals surface area contributed by atoms with E-state index in [4.69, 9.17) is 10.5 Å². The van der Waals surface area contributed by atoms with Gasteiger partial charge >= 0.3 is 0 Å². The minimum absolute atomic E-state index is 0.00541. The zero-order valence-electron chi connectivity index (χ0n) is 29.4. The summed E-state index contributed by atoms with van der Waals surface area (Å²) in [7, 11) is 0. The van der Waals surface area contributed by atoms with Crippen LogP contribution in [-0.2, 0) is 17.4 Å². The highest BCUT2D eigenvalue weighted by Crippen LogP contribution is 2.48. The van der Waals surface area contributed by atoms with Crippen molar-refractivity contribution in [2.45, 2.75) is 97.1 Å². The first-order chi connectivity index (χ1) is 22.7. The Morgan fingerprint density at radius 2 is 1.49 bits per heavy atom. The fraction of sp³-hybridized carbons (Fsp3) is 0.395. The van der Waals surface area contributed by atoms with Crippen LogP contribution in [0.3, 0.4) is 0 Å². The molecule has 2 N–H and O–H groups in total. The van der Waals surface area contributed by atoms with Gasteiger partial charge in [-0.1, -0.05) is 108 Å². The molecule has 0 saturated heterocycles. The fourth-order valence-electron chi connectivity index (χ4n) is 7.97. The summed E-state index contributed by atoms with van der Waals surface area (Å²) in [6.07, 6.45) is 14.8. The molecule has 1 aliphatic carbocycles. The Kier molecular flexibility index (Phi) is 9.53. The van der Waals surface area contributed by atoms with Crippen LogP contribution < -0.4 is 20.3 Å². The Morgan fingerprint density at radius 3 is 2.19 bits per heavy atom. The number of ether oxygens (including phenoxy) is 1. The second kappa shape index (κ2) is 13.6. The van der Waals surface area contributed by atoms with E-state index in [1.165, 1.54) is 39.3 Å². The van der Waals surface area contributed by atoms with Crippen molar-refractivity contribution in [2.24, 2.45) is 5.73 Å². The topological polar surface area (TPSA) is 41.7 Å². The van der Waals surface area contributed by atoms with E-state index >= 15 is 0 Å². The predicted molar refractivity (Wildman–Crippen MR) is 199 cm³/mol. The third-order valence-electron chi connectivity index (χ3n) is 10.5. The van der Waals surface area contributed by atoms with Gasteiger partial charge in [-0.2, -0.15) is 0 Å². The molecule has 4 nitrogen and oxygen atoms in total. The van der Waals surface area contributed by atoms with Gasteiger partial charge in [0.1, 0.15) is 11.5 Å². The maximum Gasteiger partial charge on any atom is 0.133 e. The van der Waals surface area contributed by atoms with Gasteiger partial charge in [0, 0.05) is 47.5 Å². The number of nitrogens with zero attached hydrogens (tertiary/aromatic N) is 2. The van der Waals surface area contributed by atoms with E-state index in [-0.39, 0.29) is 16.9 Å². The van der Waals surface area contributed by atoms with Crippen molar-refractivity contribution in [2.75, 3.05) is 22.9 Å². The average Bonchev–Trinajstić information content (AvgIpc) is 3.42. The van der Waals surface area contributed by atoms with Crippen molar-refractivity contribution in [1.29, 1.82) is 0 Å². The highest BCUT2D eigenvalue weighted by Gasteiger charge is 2.43. The molecule has 6 rings (SSSR count). The van der Waals surface area contributed by atoms with Gasteiger partial charge in [-0.05, 0) is 90.3 Å². The van der Waals surface area contributed by atoms with Gasteiger partial charge in [-0.15, -0.1) is 0 Å². The van der Waals surface area contributed by atoms with Crippen LogP contribution in [0.4, 0.5) is 11.4 Å². The molecule has 1 unspecified atom stereocenters. The number of benzene rings is 3. The molecule has 3 aromatic rings. The summed E-state index contributed by atoms with van der Waals surface area (Å²) in [5, 5.41) is 0. The summed E-state index contributed by atoms with van der Waals surface area (Å²) in [6, 6.07) is 26.4. The molecule has 1 atom stereocenters. The monoisotopic (exact) mass is 627 g/mol. The largest absolute Gasteiger partial charge is 0.457 e. The van der Waals surface area contributed by atoms with E-state index in [0.717, 1.165) is 62.3 Å². The molecule has 2 aliphatic heterocycles. The lowest BCUT2D eigenvalue weighted by molar-refractivity contribution is 0.415. The summed E-state index contributed by atoms with van der Waals surface area (Å²) in [4.78, 5) is 5.12. The number of para-hydroxylation sites is 2. The molecule has 4 heteroatoms. The van der Waals surface area contributed by atoms with Crippen LogP contribution >= 0.6 is 0 Å². The normalized spacial score (nSPS) is 21.6. The highest BCUT2D eigenvalue weighted by molar-refractivity contribution is 5.71. The van der Waals surface area contributed by atoms with Crippen molar-refractivity contribution in [1.82, 2.24) is 0 Å². The van der Waals surface area contributed by atoms with Crippen molar-refractivity contribution in [3.63, 3.8) is 0 Å². The van der Waals surface area contributed by atoms with Crippen molar-refractivity contribution >= 4 is 11.4 Å². The van der Waals surface area contributed by atoms with E-state index in [1.807, 2.05) is 0 Å². The number of nitrogens with two attached hydrogens (primary N) is 1. The molecule has 0 bridgehead atoms. The number of anilines is 2. The van der Waals surface area contributed by atoms with Crippen molar-refractivity contribution in [3.8, 4) is 5.75 Å². The quantitative estimate of drug-likeness (QED) is 0.243. The Balaban J connectivity index is 1.42. The van der Waals surface area contributed by atoms with Gasteiger partial charge in [0.05, 0.1) is 6.04 Å². The lowest BCUT2D eigenvalue weighted by atomic mass is 9.80. The first-order valence-corrected chi connectivity index (χ1v) is 17.7. The molecule has 0 amide bonds. The summed E-state index contributed by atoms with van der Waals surface area (Å²) in [5.41, 5.74) is 16.4. The van der Waals surface area contributed by atoms with Crippen LogP contribution in [0, 0.1) is 0 Å². The van der Waals surface area contributed by atoms with Crippen LogP contribution in [0.25, 0.3) is 0 Å². The standard InChI is InChI=1S/C43H53N3O/c1-7-28-45-37-18-11-9-16-35(37)42(3,4)39(45)26-22-32-14-13-15-33(41(32)47-34-24-20-31(30-44)21-25-34)23-27-40-43(5,6)36-17-10-12-19-38(36)46(40)29-8-2/h9-12,16-27,39H,7-8,13-15,28-30,44H2,1-6H3/b26-22+,33-23+,40-27+. The van der Waals surface area contributed by atoms with E-state index in [2.05, 4.69) is 148 Å². The summed E-state index contributed by atoms with van der Waals surface area (Å²) < 4.78 is 6.85. The zero-order chi connectivity index (χ0) is 33.2. The van der Waals surface area contributed by atoms with Gasteiger partial charge in [0.2, 0.25) is 0 Å². The third kappa shape index (κ3) is 6.21. The minimum atomic E-state index is -0.0746. The SMILES string of the molecule is CCCN1/C(=C/C=C2\CCCC(/C=C/C3N(CCC)c4ccccc4C3(C)C)=C2Oc2ccc(CN)cc2)C(C)(C)c2ccccc21. The van der Waals surface area contributed by atoms with Gasteiger partial charge in [0.15, 0.2) is 0 Å². The molecule has 0 radical (unpaired) electrons. The van der Waals surface area contributed by atoms with E-state index < -0.39 is 0 Å². The Morgan fingerprint density at radius 1 is 0.809 bits per heavy atom. The van der Waals surface area contributed by atoms with Crippen molar-refractivity contribution in [3.05, 3.63) is 136 Å². The van der Waals surface area contributed by atoms with Crippen LogP contribution in [0.5, 0.6) is 5.75 Å². The zero-order valence-corrected chi connectivity index (χ0v) is 29.4. The Hall–Kier alpha value is -4.02. The lowest BCUT2D eigenvalue weighted by Crippen LogP contribution is -2.40. The first-order valence-electron chi connectivity index (χ1n) is 17.7. The smallest absolute Gasteiger partial charge is 0.133 e. The molecule has 3 aliphatic rings. The highest BCUT2D eigenvalue weighted by atomic mass is 16.5. The molecular formula is C43H53N3O. The Labute approximate surface area is 283 Å².